The van der Waals surface area contributed by atoms with E-state index in [1.54, 1.807) is 6.07 Å². The number of phenolic OH excluding ortho intramolecular Hbond substituents is 1. The van der Waals surface area contributed by atoms with Crippen LogP contribution in [0, 0.1) is 13.7 Å². The summed E-state index contributed by atoms with van der Waals surface area (Å²) in [5.74, 6) is -1.69. The molecule has 0 unspecified atom stereocenters. The molecule has 0 spiro atoms. The molecule has 0 aliphatic rings. The summed E-state index contributed by atoms with van der Waals surface area (Å²) < 4.78 is 10.6. The number of carbonyl (C=O) groups is 2. The Morgan fingerprint density at radius 3 is 2.65 bits per heavy atom. The van der Waals surface area contributed by atoms with Crippen molar-refractivity contribution in [2.45, 2.75) is 0 Å². The van der Waals surface area contributed by atoms with Crippen LogP contribution < -0.4 is 10.1 Å². The normalized spacial score (nSPS) is 10.1. The molecule has 136 valence electrons. The first-order valence-electron chi connectivity index (χ1n) is 7.09. The molecule has 0 aromatic heterocycles. The number of carbonyl (C=O) groups excluding carboxylic acids is 2. The molecule has 2 N–H and O–H groups in total. The maximum absolute atomic E-state index is 12.0. The Morgan fingerprint density at radius 2 is 2.00 bits per heavy atom. The van der Waals surface area contributed by atoms with E-state index in [1.165, 1.54) is 31.4 Å². The van der Waals surface area contributed by atoms with Gasteiger partial charge in [0.05, 0.1) is 23.8 Å². The number of hydrogen-bond donors (Lipinski definition) is 2. The summed E-state index contributed by atoms with van der Waals surface area (Å²) in [5.41, 5.74) is -0.0608. The maximum atomic E-state index is 12.0. The molecule has 0 aliphatic heterocycles. The third kappa shape index (κ3) is 4.81. The summed E-state index contributed by atoms with van der Waals surface area (Å²) in [5, 5.41) is 22.9. The van der Waals surface area contributed by atoms with Crippen LogP contribution in [0.4, 0.5) is 11.4 Å². The molecule has 0 saturated carbocycles. The lowest BCUT2D eigenvalue weighted by molar-refractivity contribution is -0.384. The molecule has 2 aromatic rings. The van der Waals surface area contributed by atoms with Gasteiger partial charge in [-0.05, 0) is 46.9 Å². The summed E-state index contributed by atoms with van der Waals surface area (Å²) in [6.07, 6.45) is 0. The number of phenols is 1. The van der Waals surface area contributed by atoms with Crippen molar-refractivity contribution in [2.75, 3.05) is 19.0 Å². The lowest BCUT2D eigenvalue weighted by Crippen LogP contribution is -2.21. The van der Waals surface area contributed by atoms with Gasteiger partial charge < -0.3 is 19.9 Å². The van der Waals surface area contributed by atoms with E-state index in [0.29, 0.717) is 3.57 Å². The Labute approximate surface area is 161 Å². The zero-order valence-electron chi connectivity index (χ0n) is 13.4. The van der Waals surface area contributed by atoms with E-state index in [-0.39, 0.29) is 28.4 Å². The number of benzene rings is 2. The van der Waals surface area contributed by atoms with Crippen LogP contribution in [0.15, 0.2) is 36.4 Å². The monoisotopic (exact) mass is 472 g/mol. The number of methoxy groups -OCH3 is 1. The fourth-order valence-corrected chi connectivity index (χ4v) is 2.45. The SMILES string of the molecule is COc1cc([N+](=O)[O-])ccc1NC(=O)COC(=O)c1cc(I)ccc1O. The minimum Gasteiger partial charge on any atom is -0.507 e. The van der Waals surface area contributed by atoms with Crippen molar-refractivity contribution in [2.24, 2.45) is 0 Å². The Kier molecular flexibility index (Phi) is 6.33. The predicted molar refractivity (Wildman–Crippen MR) is 99.4 cm³/mol. The number of nitro benzene ring substituents is 1. The molecule has 0 heterocycles. The number of halogens is 1. The fraction of sp³-hybridized carbons (Fsp3) is 0.125. The van der Waals surface area contributed by atoms with Crippen molar-refractivity contribution in [3.63, 3.8) is 0 Å². The predicted octanol–water partition coefficient (Wildman–Crippen LogP) is 2.71. The molecule has 0 saturated heterocycles. The molecule has 0 radical (unpaired) electrons. The van der Waals surface area contributed by atoms with Gasteiger partial charge in [-0.1, -0.05) is 0 Å². The average Bonchev–Trinajstić information content (AvgIpc) is 2.61. The number of hydrogen-bond acceptors (Lipinski definition) is 7. The van der Waals surface area contributed by atoms with Gasteiger partial charge in [-0.15, -0.1) is 0 Å². The fourth-order valence-electron chi connectivity index (χ4n) is 1.96. The summed E-state index contributed by atoms with van der Waals surface area (Å²) >= 11 is 1.97. The number of anilines is 1. The topological polar surface area (TPSA) is 128 Å². The van der Waals surface area contributed by atoms with Crippen molar-refractivity contribution in [3.05, 3.63) is 55.6 Å². The molecular formula is C16H13IN2O7. The third-order valence-electron chi connectivity index (χ3n) is 3.18. The van der Waals surface area contributed by atoms with Crippen LogP contribution in [-0.2, 0) is 9.53 Å². The highest BCUT2D eigenvalue weighted by atomic mass is 127. The van der Waals surface area contributed by atoms with Crippen molar-refractivity contribution in [1.29, 1.82) is 0 Å². The highest BCUT2D eigenvalue weighted by molar-refractivity contribution is 14.1. The number of rotatable bonds is 6. The van der Waals surface area contributed by atoms with Crippen molar-refractivity contribution in [1.82, 2.24) is 0 Å². The largest absolute Gasteiger partial charge is 0.507 e. The number of nitrogens with one attached hydrogen (secondary N) is 1. The summed E-state index contributed by atoms with van der Waals surface area (Å²) in [6.45, 7) is -0.607. The first-order chi connectivity index (χ1) is 12.3. The molecular weight excluding hydrogens is 459 g/mol. The first-order valence-corrected chi connectivity index (χ1v) is 8.17. The molecule has 0 bridgehead atoms. The smallest absolute Gasteiger partial charge is 0.342 e. The zero-order valence-corrected chi connectivity index (χ0v) is 15.6. The van der Waals surface area contributed by atoms with Crippen LogP contribution in [0.3, 0.4) is 0 Å². The number of esters is 1. The van der Waals surface area contributed by atoms with E-state index in [4.69, 9.17) is 9.47 Å². The Bertz CT molecular complexity index is 870. The second-order valence-corrected chi connectivity index (χ2v) is 6.17. The number of nitrogens with zero attached hydrogens (tertiary/aromatic N) is 1. The Hall–Kier alpha value is -2.89. The van der Waals surface area contributed by atoms with Crippen LogP contribution in [-0.4, -0.2) is 35.6 Å². The van der Waals surface area contributed by atoms with Gasteiger partial charge in [-0.2, -0.15) is 0 Å². The van der Waals surface area contributed by atoms with Gasteiger partial charge in [-0.25, -0.2) is 4.79 Å². The highest BCUT2D eigenvalue weighted by Gasteiger charge is 2.17. The van der Waals surface area contributed by atoms with E-state index in [9.17, 15) is 24.8 Å². The van der Waals surface area contributed by atoms with Crippen LogP contribution in [0.5, 0.6) is 11.5 Å². The van der Waals surface area contributed by atoms with Crippen molar-refractivity contribution < 1.29 is 29.1 Å². The standard InChI is InChI=1S/C16H13IN2O7/c1-25-14-7-10(19(23)24)3-4-12(14)18-15(21)8-26-16(22)11-6-9(17)2-5-13(11)20/h2-7,20H,8H2,1H3,(H,18,21). The van der Waals surface area contributed by atoms with Crippen LogP contribution in [0.1, 0.15) is 10.4 Å². The van der Waals surface area contributed by atoms with Gasteiger partial charge >= 0.3 is 5.97 Å². The van der Waals surface area contributed by atoms with E-state index >= 15 is 0 Å². The molecule has 0 atom stereocenters. The third-order valence-corrected chi connectivity index (χ3v) is 3.85. The molecule has 2 aromatic carbocycles. The minimum atomic E-state index is -0.855. The summed E-state index contributed by atoms with van der Waals surface area (Å²) in [4.78, 5) is 34.1. The maximum Gasteiger partial charge on any atom is 0.342 e. The Balaban J connectivity index is 2.02. The number of nitro groups is 1. The molecule has 9 nitrogen and oxygen atoms in total. The zero-order chi connectivity index (χ0) is 19.3. The van der Waals surface area contributed by atoms with Gasteiger partial charge in [0, 0.05) is 9.64 Å². The highest BCUT2D eigenvalue weighted by Crippen LogP contribution is 2.29. The quantitative estimate of drug-likeness (QED) is 0.286. The van der Waals surface area contributed by atoms with Gasteiger partial charge in [0.2, 0.25) is 0 Å². The van der Waals surface area contributed by atoms with E-state index in [2.05, 4.69) is 5.32 Å². The lowest BCUT2D eigenvalue weighted by Gasteiger charge is -2.10. The van der Waals surface area contributed by atoms with Gasteiger partial charge in [0.25, 0.3) is 11.6 Å². The minimum absolute atomic E-state index is 0.0578. The van der Waals surface area contributed by atoms with Crippen LogP contribution in [0.25, 0.3) is 0 Å². The molecule has 0 aliphatic carbocycles. The van der Waals surface area contributed by atoms with E-state index in [1.807, 2.05) is 22.6 Å². The van der Waals surface area contributed by atoms with Crippen molar-refractivity contribution >= 4 is 45.8 Å². The van der Waals surface area contributed by atoms with Gasteiger partial charge in [-0.3, -0.25) is 14.9 Å². The molecule has 10 heteroatoms. The van der Waals surface area contributed by atoms with E-state index in [0.717, 1.165) is 6.07 Å². The average molecular weight is 472 g/mol. The Morgan fingerprint density at radius 1 is 1.27 bits per heavy atom. The number of amides is 1. The second kappa shape index (κ2) is 8.47. The molecule has 26 heavy (non-hydrogen) atoms. The summed E-state index contributed by atoms with van der Waals surface area (Å²) in [7, 11) is 1.30. The van der Waals surface area contributed by atoms with Gasteiger partial charge in [0.15, 0.2) is 6.61 Å². The van der Waals surface area contributed by atoms with Crippen molar-refractivity contribution in [3.8, 4) is 11.5 Å². The second-order valence-electron chi connectivity index (χ2n) is 4.93. The van der Waals surface area contributed by atoms with E-state index < -0.39 is 23.4 Å². The summed E-state index contributed by atoms with van der Waals surface area (Å²) in [6, 6.07) is 8.05. The number of aromatic hydroxyl groups is 1. The molecule has 0 fully saturated rings. The van der Waals surface area contributed by atoms with Gasteiger partial charge in [0.1, 0.15) is 17.1 Å². The molecule has 2 rings (SSSR count). The lowest BCUT2D eigenvalue weighted by atomic mass is 10.2. The van der Waals surface area contributed by atoms with Crippen LogP contribution in [0.2, 0.25) is 0 Å². The first kappa shape index (κ1) is 19.4. The number of non-ortho nitro benzene ring substituents is 1. The van der Waals surface area contributed by atoms with Crippen LogP contribution >= 0.6 is 22.6 Å². The molecule has 1 amide bonds. The number of ether oxygens (including phenoxy) is 2.